The van der Waals surface area contributed by atoms with E-state index >= 15 is 0 Å². The molecule has 1 aliphatic carbocycles. The molecule has 2 rings (SSSR count). The molecule has 84 valence electrons. The van der Waals surface area contributed by atoms with Crippen LogP contribution < -0.4 is 0 Å². The van der Waals surface area contributed by atoms with Gasteiger partial charge in [-0.15, -0.1) is 0 Å². The Hall–Kier alpha value is -1.26. The van der Waals surface area contributed by atoms with Crippen LogP contribution >= 0.6 is 0 Å². The minimum Gasteiger partial charge on any atom is -0.380 e. The summed E-state index contributed by atoms with van der Waals surface area (Å²) < 4.78 is 0. The maximum absolute atomic E-state index is 9.96. The Morgan fingerprint density at radius 1 is 1.06 bits per heavy atom. The molecule has 0 bridgehead atoms. The molecule has 0 saturated heterocycles. The van der Waals surface area contributed by atoms with Crippen molar-refractivity contribution in [2.75, 3.05) is 0 Å². The van der Waals surface area contributed by atoms with E-state index < -0.39 is 6.10 Å². The van der Waals surface area contributed by atoms with E-state index in [0.717, 1.165) is 18.4 Å². The van der Waals surface area contributed by atoms with E-state index in [9.17, 15) is 5.11 Å². The molecule has 16 heavy (non-hydrogen) atoms. The van der Waals surface area contributed by atoms with Crippen molar-refractivity contribution in [3.63, 3.8) is 0 Å². The molecule has 1 fully saturated rings. The number of aliphatic hydroxyl groups excluding tert-OH is 1. The Kier molecular flexibility index (Phi) is 4.02. The topological polar surface area (TPSA) is 20.2 Å². The Bertz CT molecular complexity index is 365. The SMILES string of the molecule is O[C@H](C#Cc1ccccc1)C1CCCCC1. The first-order chi connectivity index (χ1) is 7.86. The summed E-state index contributed by atoms with van der Waals surface area (Å²) in [7, 11) is 0. The number of hydrogen-bond acceptors (Lipinski definition) is 1. The van der Waals surface area contributed by atoms with E-state index in [1.807, 2.05) is 30.3 Å². The lowest BCUT2D eigenvalue weighted by atomic mass is 9.85. The molecule has 1 aromatic carbocycles. The van der Waals surface area contributed by atoms with Crippen LogP contribution in [0, 0.1) is 17.8 Å². The predicted octanol–water partition coefficient (Wildman–Crippen LogP) is 2.98. The Balaban J connectivity index is 1.96. The van der Waals surface area contributed by atoms with Crippen molar-refractivity contribution >= 4 is 0 Å². The second kappa shape index (κ2) is 5.72. The van der Waals surface area contributed by atoms with E-state index in [1.54, 1.807) is 0 Å². The molecule has 0 radical (unpaired) electrons. The summed E-state index contributed by atoms with van der Waals surface area (Å²) in [6.45, 7) is 0. The summed E-state index contributed by atoms with van der Waals surface area (Å²) in [5, 5.41) is 9.96. The van der Waals surface area contributed by atoms with Gasteiger partial charge >= 0.3 is 0 Å². The fourth-order valence-corrected chi connectivity index (χ4v) is 2.25. The largest absolute Gasteiger partial charge is 0.380 e. The van der Waals surface area contributed by atoms with Gasteiger partial charge < -0.3 is 5.11 Å². The minimum atomic E-state index is -0.444. The van der Waals surface area contributed by atoms with Crippen LogP contribution in [-0.2, 0) is 0 Å². The smallest absolute Gasteiger partial charge is 0.117 e. The maximum Gasteiger partial charge on any atom is 0.117 e. The van der Waals surface area contributed by atoms with Gasteiger partial charge in [0.15, 0.2) is 0 Å². The summed E-state index contributed by atoms with van der Waals surface area (Å²) in [4.78, 5) is 0. The van der Waals surface area contributed by atoms with Crippen molar-refractivity contribution in [1.82, 2.24) is 0 Å². The highest BCUT2D eigenvalue weighted by Gasteiger charge is 2.19. The van der Waals surface area contributed by atoms with E-state index in [4.69, 9.17) is 0 Å². The lowest BCUT2D eigenvalue weighted by molar-refractivity contribution is 0.133. The molecule has 0 aliphatic heterocycles. The van der Waals surface area contributed by atoms with Crippen LogP contribution in [0.1, 0.15) is 37.7 Å². The normalized spacial score (nSPS) is 18.6. The summed E-state index contributed by atoms with van der Waals surface area (Å²) >= 11 is 0. The number of rotatable bonds is 1. The van der Waals surface area contributed by atoms with Crippen LogP contribution in [0.2, 0.25) is 0 Å². The van der Waals surface area contributed by atoms with E-state index in [0.29, 0.717) is 5.92 Å². The lowest BCUT2D eigenvalue weighted by Gasteiger charge is -2.23. The van der Waals surface area contributed by atoms with Crippen LogP contribution in [-0.4, -0.2) is 11.2 Å². The maximum atomic E-state index is 9.96. The first kappa shape index (κ1) is 11.2. The molecular formula is C15H18O. The molecule has 1 nitrogen and oxygen atoms in total. The van der Waals surface area contributed by atoms with Gasteiger partial charge in [0.2, 0.25) is 0 Å². The Morgan fingerprint density at radius 3 is 2.44 bits per heavy atom. The zero-order chi connectivity index (χ0) is 11.2. The van der Waals surface area contributed by atoms with Gasteiger partial charge in [0.25, 0.3) is 0 Å². The van der Waals surface area contributed by atoms with Crippen molar-refractivity contribution < 1.29 is 5.11 Å². The molecule has 0 aromatic heterocycles. The van der Waals surface area contributed by atoms with Crippen molar-refractivity contribution in [2.24, 2.45) is 5.92 Å². The molecular weight excluding hydrogens is 196 g/mol. The molecule has 0 amide bonds. The van der Waals surface area contributed by atoms with Gasteiger partial charge in [-0.05, 0) is 30.9 Å². The van der Waals surface area contributed by atoms with E-state index in [-0.39, 0.29) is 0 Å². The Labute approximate surface area is 97.5 Å². The molecule has 0 heterocycles. The van der Waals surface area contributed by atoms with Crippen molar-refractivity contribution in [2.45, 2.75) is 38.2 Å². The molecule has 0 unspecified atom stereocenters. The fourth-order valence-electron chi connectivity index (χ4n) is 2.25. The van der Waals surface area contributed by atoms with Crippen molar-refractivity contribution in [3.05, 3.63) is 35.9 Å². The third-order valence-electron chi connectivity index (χ3n) is 3.23. The Morgan fingerprint density at radius 2 is 1.75 bits per heavy atom. The van der Waals surface area contributed by atoms with E-state index in [1.165, 1.54) is 19.3 Å². The molecule has 1 heteroatoms. The van der Waals surface area contributed by atoms with Crippen LogP contribution in [0.3, 0.4) is 0 Å². The summed E-state index contributed by atoms with van der Waals surface area (Å²) in [5.74, 6) is 6.41. The van der Waals surface area contributed by atoms with Crippen LogP contribution in [0.25, 0.3) is 0 Å². The zero-order valence-electron chi connectivity index (χ0n) is 9.52. The highest BCUT2D eigenvalue weighted by Crippen LogP contribution is 2.26. The van der Waals surface area contributed by atoms with Gasteiger partial charge in [-0.3, -0.25) is 0 Å². The van der Waals surface area contributed by atoms with Crippen LogP contribution in [0.4, 0.5) is 0 Å². The summed E-state index contributed by atoms with van der Waals surface area (Å²) in [6.07, 6.45) is 5.62. The average Bonchev–Trinajstić information content (AvgIpc) is 2.38. The van der Waals surface area contributed by atoms with Gasteiger partial charge in [-0.2, -0.15) is 0 Å². The molecule has 1 N–H and O–H groups in total. The minimum absolute atomic E-state index is 0.393. The third-order valence-corrected chi connectivity index (χ3v) is 3.23. The second-order valence-corrected chi connectivity index (χ2v) is 4.48. The van der Waals surface area contributed by atoms with Crippen LogP contribution in [0.15, 0.2) is 30.3 Å². The summed E-state index contributed by atoms with van der Waals surface area (Å²) in [5.41, 5.74) is 0.984. The molecule has 1 aromatic rings. The lowest BCUT2D eigenvalue weighted by Crippen LogP contribution is -2.21. The van der Waals surface area contributed by atoms with Gasteiger partial charge in [0, 0.05) is 5.56 Å². The quantitative estimate of drug-likeness (QED) is 0.713. The third kappa shape index (κ3) is 3.12. The van der Waals surface area contributed by atoms with E-state index in [2.05, 4.69) is 11.8 Å². The molecule has 1 saturated carbocycles. The predicted molar refractivity (Wildman–Crippen MR) is 65.9 cm³/mol. The van der Waals surface area contributed by atoms with Crippen LogP contribution in [0.5, 0.6) is 0 Å². The average molecular weight is 214 g/mol. The second-order valence-electron chi connectivity index (χ2n) is 4.48. The number of benzene rings is 1. The van der Waals surface area contributed by atoms with Gasteiger partial charge in [0.1, 0.15) is 6.10 Å². The monoisotopic (exact) mass is 214 g/mol. The first-order valence-corrected chi connectivity index (χ1v) is 6.11. The highest BCUT2D eigenvalue weighted by atomic mass is 16.3. The first-order valence-electron chi connectivity index (χ1n) is 6.11. The number of aliphatic hydroxyl groups is 1. The summed E-state index contributed by atoms with van der Waals surface area (Å²) in [6, 6.07) is 9.86. The number of hydrogen-bond donors (Lipinski definition) is 1. The van der Waals surface area contributed by atoms with Crippen molar-refractivity contribution in [3.8, 4) is 11.8 Å². The fraction of sp³-hybridized carbons (Fsp3) is 0.467. The van der Waals surface area contributed by atoms with Gasteiger partial charge in [0.05, 0.1) is 0 Å². The molecule has 1 atom stereocenters. The van der Waals surface area contributed by atoms with Gasteiger partial charge in [-0.1, -0.05) is 49.3 Å². The molecule has 1 aliphatic rings. The molecule has 0 spiro atoms. The highest BCUT2D eigenvalue weighted by molar-refractivity contribution is 5.34. The van der Waals surface area contributed by atoms with Gasteiger partial charge in [-0.25, -0.2) is 0 Å². The zero-order valence-corrected chi connectivity index (χ0v) is 9.52. The van der Waals surface area contributed by atoms with Crippen molar-refractivity contribution in [1.29, 1.82) is 0 Å². The standard InChI is InChI=1S/C15H18O/c16-15(14-9-5-2-6-10-14)12-11-13-7-3-1-4-8-13/h1,3-4,7-8,14-16H,2,5-6,9-10H2/t15-/m1/s1.